The van der Waals surface area contributed by atoms with Gasteiger partial charge in [0.25, 0.3) is 5.91 Å². The molecule has 5 heteroatoms. The van der Waals surface area contributed by atoms with E-state index in [9.17, 15) is 4.79 Å². The van der Waals surface area contributed by atoms with Gasteiger partial charge >= 0.3 is 0 Å². The standard InChI is InChI=1S/C13H17ClN2OS/c1-15-5-7-16(8-6-15)13(17)11-9-10(18-2)3-4-12(11)14/h3-4,9H,5-8H2,1-2H3. The highest BCUT2D eigenvalue weighted by molar-refractivity contribution is 7.98. The van der Waals surface area contributed by atoms with E-state index < -0.39 is 0 Å². The summed E-state index contributed by atoms with van der Waals surface area (Å²) in [5, 5.41) is 0.539. The van der Waals surface area contributed by atoms with Gasteiger partial charge in [-0.3, -0.25) is 4.79 Å². The van der Waals surface area contributed by atoms with Crippen molar-refractivity contribution in [1.82, 2.24) is 9.80 Å². The van der Waals surface area contributed by atoms with Crippen LogP contribution in [0, 0.1) is 0 Å². The fourth-order valence-electron chi connectivity index (χ4n) is 1.98. The number of piperazine rings is 1. The molecule has 0 aromatic heterocycles. The highest BCUT2D eigenvalue weighted by Crippen LogP contribution is 2.24. The molecule has 1 aromatic carbocycles. The SMILES string of the molecule is CSc1ccc(Cl)c(C(=O)N2CCN(C)CC2)c1. The van der Waals surface area contributed by atoms with E-state index in [1.807, 2.05) is 23.3 Å². The smallest absolute Gasteiger partial charge is 0.255 e. The topological polar surface area (TPSA) is 23.6 Å². The maximum Gasteiger partial charge on any atom is 0.255 e. The van der Waals surface area contributed by atoms with Gasteiger partial charge < -0.3 is 9.80 Å². The van der Waals surface area contributed by atoms with Crippen LogP contribution in [0.3, 0.4) is 0 Å². The Labute approximate surface area is 117 Å². The zero-order valence-electron chi connectivity index (χ0n) is 10.6. The highest BCUT2D eigenvalue weighted by atomic mass is 35.5. The number of nitrogens with zero attached hydrogens (tertiary/aromatic N) is 2. The van der Waals surface area contributed by atoms with Crippen molar-refractivity contribution >= 4 is 29.3 Å². The molecule has 1 saturated heterocycles. The third-order valence-electron chi connectivity index (χ3n) is 3.19. The molecule has 1 aromatic rings. The summed E-state index contributed by atoms with van der Waals surface area (Å²) in [7, 11) is 2.07. The van der Waals surface area contributed by atoms with Gasteiger partial charge in [-0.1, -0.05) is 11.6 Å². The van der Waals surface area contributed by atoms with Crippen LogP contribution in [-0.2, 0) is 0 Å². The molecule has 2 rings (SSSR count). The maximum absolute atomic E-state index is 12.4. The zero-order valence-corrected chi connectivity index (χ0v) is 12.2. The molecular weight excluding hydrogens is 268 g/mol. The van der Waals surface area contributed by atoms with Crippen LogP contribution in [0.15, 0.2) is 23.1 Å². The Hall–Kier alpha value is -0.710. The van der Waals surface area contributed by atoms with Crippen LogP contribution in [0.4, 0.5) is 0 Å². The first kappa shape index (κ1) is 13.7. The summed E-state index contributed by atoms with van der Waals surface area (Å²) < 4.78 is 0. The number of rotatable bonds is 2. The van der Waals surface area contributed by atoms with Crippen molar-refractivity contribution < 1.29 is 4.79 Å². The van der Waals surface area contributed by atoms with Crippen molar-refractivity contribution in [3.05, 3.63) is 28.8 Å². The van der Waals surface area contributed by atoms with Crippen molar-refractivity contribution in [3.8, 4) is 0 Å². The van der Waals surface area contributed by atoms with Crippen LogP contribution in [-0.4, -0.2) is 55.2 Å². The predicted octanol–water partition coefficient (Wildman–Crippen LogP) is 2.45. The molecule has 0 saturated carbocycles. The van der Waals surface area contributed by atoms with E-state index in [1.165, 1.54) is 0 Å². The molecule has 1 amide bonds. The third-order valence-corrected chi connectivity index (χ3v) is 4.25. The number of carbonyl (C=O) groups excluding carboxylic acids is 1. The predicted molar refractivity (Wildman–Crippen MR) is 76.6 cm³/mol. The van der Waals surface area contributed by atoms with Crippen molar-refractivity contribution in [2.75, 3.05) is 39.5 Å². The minimum atomic E-state index is 0.0454. The Morgan fingerprint density at radius 2 is 1.94 bits per heavy atom. The molecule has 1 aliphatic rings. The lowest BCUT2D eigenvalue weighted by atomic mass is 10.2. The number of carbonyl (C=O) groups is 1. The van der Waals surface area contributed by atoms with Gasteiger partial charge in [0, 0.05) is 31.1 Å². The molecule has 18 heavy (non-hydrogen) atoms. The van der Waals surface area contributed by atoms with E-state index in [0.29, 0.717) is 10.6 Å². The summed E-state index contributed by atoms with van der Waals surface area (Å²) >= 11 is 7.75. The lowest BCUT2D eigenvalue weighted by molar-refractivity contribution is 0.0664. The Balaban J connectivity index is 2.17. The van der Waals surface area contributed by atoms with Crippen LogP contribution in [0.25, 0.3) is 0 Å². The number of hydrogen-bond acceptors (Lipinski definition) is 3. The van der Waals surface area contributed by atoms with Crippen molar-refractivity contribution in [2.24, 2.45) is 0 Å². The number of halogens is 1. The molecule has 0 N–H and O–H groups in total. The summed E-state index contributed by atoms with van der Waals surface area (Å²) in [5.74, 6) is 0.0454. The zero-order chi connectivity index (χ0) is 13.1. The van der Waals surface area contributed by atoms with Gasteiger partial charge in [0.1, 0.15) is 0 Å². The normalized spacial score (nSPS) is 16.9. The lowest BCUT2D eigenvalue weighted by Crippen LogP contribution is -2.47. The second-order valence-electron chi connectivity index (χ2n) is 4.44. The first-order chi connectivity index (χ1) is 8.61. The van der Waals surface area contributed by atoms with Gasteiger partial charge in [0.15, 0.2) is 0 Å². The molecule has 0 atom stereocenters. The van der Waals surface area contributed by atoms with Gasteiger partial charge in [-0.25, -0.2) is 0 Å². The Bertz CT molecular complexity index is 445. The molecule has 1 fully saturated rings. The molecule has 3 nitrogen and oxygen atoms in total. The summed E-state index contributed by atoms with van der Waals surface area (Å²) in [6.45, 7) is 3.39. The Morgan fingerprint density at radius 3 is 2.56 bits per heavy atom. The Morgan fingerprint density at radius 1 is 1.28 bits per heavy atom. The molecule has 0 unspecified atom stereocenters. The molecule has 0 aliphatic carbocycles. The van der Waals surface area contributed by atoms with Crippen LogP contribution >= 0.6 is 23.4 Å². The third kappa shape index (κ3) is 2.99. The molecule has 1 aliphatic heterocycles. The average Bonchev–Trinajstić information content (AvgIpc) is 2.39. The minimum Gasteiger partial charge on any atom is -0.336 e. The molecule has 0 spiro atoms. The molecule has 0 bridgehead atoms. The summed E-state index contributed by atoms with van der Waals surface area (Å²) in [5.41, 5.74) is 0.619. The minimum absolute atomic E-state index is 0.0454. The van der Waals surface area contributed by atoms with Crippen LogP contribution in [0.2, 0.25) is 5.02 Å². The summed E-state index contributed by atoms with van der Waals surface area (Å²) in [4.78, 5) is 17.6. The van der Waals surface area contributed by atoms with Crippen molar-refractivity contribution in [1.29, 1.82) is 0 Å². The largest absolute Gasteiger partial charge is 0.336 e. The molecule has 1 heterocycles. The van der Waals surface area contributed by atoms with Gasteiger partial charge in [0.05, 0.1) is 10.6 Å². The second-order valence-corrected chi connectivity index (χ2v) is 5.73. The number of hydrogen-bond donors (Lipinski definition) is 0. The first-order valence-electron chi connectivity index (χ1n) is 5.93. The summed E-state index contributed by atoms with van der Waals surface area (Å²) in [6, 6.07) is 5.62. The van der Waals surface area contributed by atoms with E-state index in [1.54, 1.807) is 17.8 Å². The fraction of sp³-hybridized carbons (Fsp3) is 0.462. The molecule has 98 valence electrons. The number of benzene rings is 1. The Kier molecular flexibility index (Phi) is 4.54. The number of thioether (sulfide) groups is 1. The van der Waals surface area contributed by atoms with Gasteiger partial charge in [-0.05, 0) is 31.5 Å². The van der Waals surface area contributed by atoms with Crippen molar-refractivity contribution in [3.63, 3.8) is 0 Å². The average molecular weight is 285 g/mol. The first-order valence-corrected chi connectivity index (χ1v) is 7.53. The van der Waals surface area contributed by atoms with Gasteiger partial charge in [-0.15, -0.1) is 11.8 Å². The van der Waals surface area contributed by atoms with E-state index in [-0.39, 0.29) is 5.91 Å². The summed E-state index contributed by atoms with van der Waals surface area (Å²) in [6.07, 6.45) is 1.99. The number of likely N-dealkylation sites (N-methyl/N-ethyl adjacent to an activating group) is 1. The molecule has 0 radical (unpaired) electrons. The number of amides is 1. The maximum atomic E-state index is 12.4. The molecular formula is C13H17ClN2OS. The van der Waals surface area contributed by atoms with Gasteiger partial charge in [-0.2, -0.15) is 0 Å². The quantitative estimate of drug-likeness (QED) is 0.780. The van der Waals surface area contributed by atoms with Gasteiger partial charge in [0.2, 0.25) is 0 Å². The van der Waals surface area contributed by atoms with Crippen molar-refractivity contribution in [2.45, 2.75) is 4.90 Å². The fourth-order valence-corrected chi connectivity index (χ4v) is 2.61. The van der Waals surface area contributed by atoms with E-state index >= 15 is 0 Å². The van der Waals surface area contributed by atoms with Crippen LogP contribution in [0.1, 0.15) is 10.4 Å². The van der Waals surface area contributed by atoms with Crippen LogP contribution in [0.5, 0.6) is 0 Å². The van der Waals surface area contributed by atoms with Crippen LogP contribution < -0.4 is 0 Å². The van der Waals surface area contributed by atoms with E-state index in [0.717, 1.165) is 31.1 Å². The highest BCUT2D eigenvalue weighted by Gasteiger charge is 2.22. The van der Waals surface area contributed by atoms with E-state index in [4.69, 9.17) is 11.6 Å². The monoisotopic (exact) mass is 284 g/mol. The second kappa shape index (κ2) is 5.95. The van der Waals surface area contributed by atoms with E-state index in [2.05, 4.69) is 11.9 Å². The lowest BCUT2D eigenvalue weighted by Gasteiger charge is -2.32.